The van der Waals surface area contributed by atoms with Gasteiger partial charge in [0.1, 0.15) is 5.82 Å². The predicted octanol–water partition coefficient (Wildman–Crippen LogP) is 2.91. The molecule has 25 heavy (non-hydrogen) atoms. The average Bonchev–Trinajstić information content (AvgIpc) is 3.10. The van der Waals surface area contributed by atoms with E-state index in [4.69, 9.17) is 4.74 Å². The van der Waals surface area contributed by atoms with Crippen LogP contribution in [0, 0.1) is 11.7 Å². The van der Waals surface area contributed by atoms with E-state index in [1.165, 1.54) is 18.6 Å². The first-order valence-electron chi connectivity index (χ1n) is 9.34. The number of carbonyl (C=O) groups is 1. The van der Waals surface area contributed by atoms with Gasteiger partial charge in [-0.15, -0.1) is 0 Å². The number of benzene rings is 1. The molecule has 2 aliphatic heterocycles. The van der Waals surface area contributed by atoms with Crippen molar-refractivity contribution in [2.24, 2.45) is 5.92 Å². The number of hydrogen-bond acceptors (Lipinski definition) is 3. The number of nitrogens with zero attached hydrogens (tertiary/aromatic N) is 1. The minimum absolute atomic E-state index is 0.101. The van der Waals surface area contributed by atoms with Crippen molar-refractivity contribution in [1.82, 2.24) is 10.6 Å². The highest BCUT2D eigenvalue weighted by Gasteiger charge is 2.23. The molecule has 2 heterocycles. The van der Waals surface area contributed by atoms with Gasteiger partial charge in [0, 0.05) is 38.5 Å². The lowest BCUT2D eigenvalue weighted by Crippen LogP contribution is -2.40. The normalized spacial score (nSPS) is 23.5. The molecule has 2 atom stereocenters. The molecule has 2 N–H and O–H groups in total. The van der Waals surface area contributed by atoms with Crippen LogP contribution in [0.15, 0.2) is 24.3 Å². The maximum absolute atomic E-state index is 13.0. The van der Waals surface area contributed by atoms with Gasteiger partial charge in [-0.25, -0.2) is 9.18 Å². The first-order chi connectivity index (χ1) is 12.2. The maximum Gasteiger partial charge on any atom is 0.314 e. The van der Waals surface area contributed by atoms with E-state index >= 15 is 0 Å². The fourth-order valence-electron chi connectivity index (χ4n) is 3.57. The number of amides is 2. The first-order valence-corrected chi connectivity index (χ1v) is 9.34. The third-order valence-corrected chi connectivity index (χ3v) is 5.05. The summed E-state index contributed by atoms with van der Waals surface area (Å²) in [7, 11) is 0. The summed E-state index contributed by atoms with van der Waals surface area (Å²) in [6, 6.07) is 6.50. The number of ether oxygens (including phenoxy) is 1. The molecule has 2 amide bonds. The van der Waals surface area contributed by atoms with Crippen LogP contribution in [0.1, 0.15) is 32.1 Å². The van der Waals surface area contributed by atoms with Gasteiger partial charge in [-0.05, 0) is 62.3 Å². The van der Waals surface area contributed by atoms with Gasteiger partial charge in [0.2, 0.25) is 0 Å². The largest absolute Gasteiger partial charge is 0.378 e. The van der Waals surface area contributed by atoms with Crippen molar-refractivity contribution >= 4 is 11.7 Å². The van der Waals surface area contributed by atoms with E-state index in [0.717, 1.165) is 51.1 Å². The Morgan fingerprint density at radius 2 is 2.04 bits per heavy atom. The van der Waals surface area contributed by atoms with Crippen LogP contribution in [0.4, 0.5) is 14.9 Å². The van der Waals surface area contributed by atoms with E-state index < -0.39 is 0 Å². The van der Waals surface area contributed by atoms with Gasteiger partial charge in [-0.3, -0.25) is 0 Å². The molecule has 2 saturated heterocycles. The molecule has 0 aliphatic carbocycles. The van der Waals surface area contributed by atoms with Crippen molar-refractivity contribution in [3.63, 3.8) is 0 Å². The molecule has 0 aromatic heterocycles. The zero-order valence-electron chi connectivity index (χ0n) is 14.7. The van der Waals surface area contributed by atoms with E-state index in [0.29, 0.717) is 25.1 Å². The molecule has 0 spiro atoms. The van der Waals surface area contributed by atoms with Crippen molar-refractivity contribution in [2.75, 3.05) is 37.7 Å². The minimum Gasteiger partial charge on any atom is -0.378 e. The Morgan fingerprint density at radius 1 is 1.20 bits per heavy atom. The topological polar surface area (TPSA) is 53.6 Å². The fourth-order valence-corrected chi connectivity index (χ4v) is 3.57. The van der Waals surface area contributed by atoms with E-state index in [2.05, 4.69) is 15.5 Å². The van der Waals surface area contributed by atoms with Crippen LogP contribution < -0.4 is 15.5 Å². The van der Waals surface area contributed by atoms with Gasteiger partial charge >= 0.3 is 6.03 Å². The predicted molar refractivity (Wildman–Crippen MR) is 96.3 cm³/mol. The Morgan fingerprint density at radius 3 is 2.80 bits per heavy atom. The van der Waals surface area contributed by atoms with Crippen LogP contribution in [0.3, 0.4) is 0 Å². The average molecular weight is 349 g/mol. The zero-order chi connectivity index (χ0) is 17.5. The Kier molecular flexibility index (Phi) is 6.50. The molecular formula is C19H28FN3O2. The molecule has 2 aliphatic rings. The van der Waals surface area contributed by atoms with Crippen LogP contribution in [-0.4, -0.2) is 44.9 Å². The summed E-state index contributed by atoms with van der Waals surface area (Å²) in [6.07, 6.45) is 5.70. The number of urea groups is 1. The summed E-state index contributed by atoms with van der Waals surface area (Å²) < 4.78 is 18.7. The molecule has 0 saturated carbocycles. The second-order valence-corrected chi connectivity index (χ2v) is 6.99. The standard InChI is InChI=1S/C19H28FN3O2/c20-16-4-6-17(7-5-16)23-11-9-15(14-23)13-22-19(24)21-10-8-18-3-1-2-12-25-18/h4-7,15,18H,1-3,8-14H2,(H2,21,22,24). The maximum atomic E-state index is 13.0. The lowest BCUT2D eigenvalue weighted by Gasteiger charge is -2.22. The summed E-state index contributed by atoms with van der Waals surface area (Å²) in [5.74, 6) is 0.217. The highest BCUT2D eigenvalue weighted by Crippen LogP contribution is 2.23. The summed E-state index contributed by atoms with van der Waals surface area (Å²) in [4.78, 5) is 14.2. The third-order valence-electron chi connectivity index (χ3n) is 5.05. The number of nitrogens with one attached hydrogen (secondary N) is 2. The van der Waals surface area contributed by atoms with Crippen molar-refractivity contribution in [1.29, 1.82) is 0 Å². The molecule has 0 bridgehead atoms. The van der Waals surface area contributed by atoms with Crippen LogP contribution in [0.25, 0.3) is 0 Å². The number of hydrogen-bond donors (Lipinski definition) is 2. The second kappa shape index (κ2) is 9.04. The summed E-state index contributed by atoms with van der Waals surface area (Å²) in [5, 5.41) is 5.88. The summed E-state index contributed by atoms with van der Waals surface area (Å²) >= 11 is 0. The van der Waals surface area contributed by atoms with Gasteiger partial charge in [0.25, 0.3) is 0 Å². The van der Waals surface area contributed by atoms with Gasteiger partial charge in [0.15, 0.2) is 0 Å². The first kappa shape index (κ1) is 18.0. The molecule has 6 heteroatoms. The molecule has 2 fully saturated rings. The molecule has 5 nitrogen and oxygen atoms in total. The third kappa shape index (κ3) is 5.59. The van der Waals surface area contributed by atoms with Gasteiger partial charge < -0.3 is 20.3 Å². The van der Waals surface area contributed by atoms with Gasteiger partial charge in [-0.2, -0.15) is 0 Å². The minimum atomic E-state index is -0.212. The molecule has 2 unspecified atom stereocenters. The quantitative estimate of drug-likeness (QED) is 0.830. The molecule has 138 valence electrons. The monoisotopic (exact) mass is 349 g/mol. The van der Waals surface area contributed by atoms with Crippen molar-refractivity contribution in [3.05, 3.63) is 30.1 Å². The molecule has 1 aromatic rings. The summed E-state index contributed by atoms with van der Waals surface area (Å²) in [5.41, 5.74) is 1.04. The van der Waals surface area contributed by atoms with E-state index in [1.807, 2.05) is 12.1 Å². The summed E-state index contributed by atoms with van der Waals surface area (Å²) in [6.45, 7) is 4.01. The van der Waals surface area contributed by atoms with Gasteiger partial charge in [-0.1, -0.05) is 0 Å². The number of rotatable bonds is 6. The highest BCUT2D eigenvalue weighted by atomic mass is 19.1. The van der Waals surface area contributed by atoms with Crippen molar-refractivity contribution < 1.29 is 13.9 Å². The van der Waals surface area contributed by atoms with Crippen LogP contribution >= 0.6 is 0 Å². The molecular weight excluding hydrogens is 321 g/mol. The Bertz CT molecular complexity index is 546. The SMILES string of the molecule is O=C(NCCC1CCCCO1)NCC1CCN(c2ccc(F)cc2)C1. The molecule has 3 rings (SSSR count). The Balaban J connectivity index is 1.30. The van der Waals surface area contributed by atoms with E-state index in [-0.39, 0.29) is 11.8 Å². The Hall–Kier alpha value is -1.82. The van der Waals surface area contributed by atoms with Crippen molar-refractivity contribution in [3.8, 4) is 0 Å². The van der Waals surface area contributed by atoms with Crippen LogP contribution in [0.5, 0.6) is 0 Å². The van der Waals surface area contributed by atoms with Crippen LogP contribution in [-0.2, 0) is 4.74 Å². The zero-order valence-corrected chi connectivity index (χ0v) is 14.7. The second-order valence-electron chi connectivity index (χ2n) is 6.99. The lowest BCUT2D eigenvalue weighted by molar-refractivity contribution is 0.0120. The van der Waals surface area contributed by atoms with E-state index in [9.17, 15) is 9.18 Å². The van der Waals surface area contributed by atoms with E-state index in [1.54, 1.807) is 0 Å². The van der Waals surface area contributed by atoms with Gasteiger partial charge in [0.05, 0.1) is 6.10 Å². The highest BCUT2D eigenvalue weighted by molar-refractivity contribution is 5.73. The molecule has 1 aromatic carbocycles. The van der Waals surface area contributed by atoms with Crippen LogP contribution in [0.2, 0.25) is 0 Å². The fraction of sp³-hybridized carbons (Fsp3) is 0.632. The Labute approximate surface area is 148 Å². The molecule has 0 radical (unpaired) electrons. The lowest BCUT2D eigenvalue weighted by atomic mass is 10.1. The number of anilines is 1. The number of carbonyl (C=O) groups excluding carboxylic acids is 1. The number of halogens is 1. The van der Waals surface area contributed by atoms with Crippen molar-refractivity contribution in [2.45, 2.75) is 38.2 Å². The smallest absolute Gasteiger partial charge is 0.314 e.